The lowest BCUT2D eigenvalue weighted by Gasteiger charge is -2.30. The van der Waals surface area contributed by atoms with Crippen LogP contribution in [0.1, 0.15) is 12.0 Å². The molecule has 0 bridgehead atoms. The van der Waals surface area contributed by atoms with Crippen LogP contribution in [0.15, 0.2) is 18.2 Å². The number of hydrogen-bond donors (Lipinski definition) is 0. The Balaban J connectivity index is 1.72. The van der Waals surface area contributed by atoms with Gasteiger partial charge >= 0.3 is 0 Å². The summed E-state index contributed by atoms with van der Waals surface area (Å²) < 4.78 is 16.5. The van der Waals surface area contributed by atoms with Crippen molar-refractivity contribution in [3.05, 3.63) is 23.8 Å². The molecule has 1 fully saturated rings. The SMILES string of the molecule is COc1cccc2c1OC[C@@H](C(=O)N1CCCOCC1)C2. The summed E-state index contributed by atoms with van der Waals surface area (Å²) >= 11 is 0. The molecule has 2 heterocycles. The van der Waals surface area contributed by atoms with E-state index in [1.54, 1.807) is 7.11 Å². The molecule has 0 saturated carbocycles. The first-order valence-electron chi connectivity index (χ1n) is 7.45. The zero-order valence-corrected chi connectivity index (χ0v) is 12.3. The van der Waals surface area contributed by atoms with Gasteiger partial charge in [-0.05, 0) is 24.5 Å². The minimum atomic E-state index is -0.109. The molecule has 0 aromatic heterocycles. The molecule has 21 heavy (non-hydrogen) atoms. The molecule has 5 nitrogen and oxygen atoms in total. The summed E-state index contributed by atoms with van der Waals surface area (Å²) in [5.74, 6) is 1.58. The monoisotopic (exact) mass is 291 g/mol. The third kappa shape index (κ3) is 2.97. The first-order valence-corrected chi connectivity index (χ1v) is 7.45. The highest BCUT2D eigenvalue weighted by Crippen LogP contribution is 2.36. The second-order valence-electron chi connectivity index (χ2n) is 5.45. The van der Waals surface area contributed by atoms with Crippen LogP contribution in [0.25, 0.3) is 0 Å². The van der Waals surface area contributed by atoms with Gasteiger partial charge in [-0.25, -0.2) is 0 Å². The Bertz CT molecular complexity index is 509. The second-order valence-corrected chi connectivity index (χ2v) is 5.45. The zero-order chi connectivity index (χ0) is 14.7. The Morgan fingerprint density at radius 3 is 3.10 bits per heavy atom. The Hall–Kier alpha value is -1.75. The topological polar surface area (TPSA) is 48.0 Å². The van der Waals surface area contributed by atoms with Gasteiger partial charge in [-0.3, -0.25) is 4.79 Å². The summed E-state index contributed by atoms with van der Waals surface area (Å²) in [6, 6.07) is 5.82. The highest BCUT2D eigenvalue weighted by molar-refractivity contribution is 5.80. The normalized spacial score (nSPS) is 22.0. The molecule has 0 unspecified atom stereocenters. The van der Waals surface area contributed by atoms with Crippen LogP contribution in [0.3, 0.4) is 0 Å². The summed E-state index contributed by atoms with van der Waals surface area (Å²) in [5, 5.41) is 0. The predicted molar refractivity (Wildman–Crippen MR) is 77.7 cm³/mol. The lowest BCUT2D eigenvalue weighted by molar-refractivity contribution is -0.137. The van der Waals surface area contributed by atoms with Gasteiger partial charge in [0.25, 0.3) is 0 Å². The van der Waals surface area contributed by atoms with Crippen LogP contribution in [0.5, 0.6) is 11.5 Å². The van der Waals surface area contributed by atoms with Crippen molar-refractivity contribution in [2.24, 2.45) is 5.92 Å². The lowest BCUT2D eigenvalue weighted by Crippen LogP contribution is -2.42. The smallest absolute Gasteiger partial charge is 0.229 e. The van der Waals surface area contributed by atoms with E-state index in [9.17, 15) is 4.79 Å². The van der Waals surface area contributed by atoms with E-state index in [1.807, 2.05) is 23.1 Å². The van der Waals surface area contributed by atoms with E-state index < -0.39 is 0 Å². The van der Waals surface area contributed by atoms with Crippen LogP contribution in [0, 0.1) is 5.92 Å². The molecule has 1 atom stereocenters. The predicted octanol–water partition coefficient (Wildman–Crippen LogP) is 1.50. The third-order valence-electron chi connectivity index (χ3n) is 4.06. The Morgan fingerprint density at radius 1 is 1.33 bits per heavy atom. The van der Waals surface area contributed by atoms with Crippen LogP contribution in [0.4, 0.5) is 0 Å². The summed E-state index contributed by atoms with van der Waals surface area (Å²) in [6.45, 7) is 3.25. The van der Waals surface area contributed by atoms with Gasteiger partial charge in [0.1, 0.15) is 6.61 Å². The standard InChI is InChI=1S/C16H21NO4/c1-19-14-5-2-4-12-10-13(11-21-15(12)14)16(18)17-6-3-8-20-9-7-17/h2,4-5,13H,3,6-11H2,1H3/t13-/m0/s1. The number of para-hydroxylation sites is 1. The first kappa shape index (κ1) is 14.2. The van der Waals surface area contributed by atoms with Gasteiger partial charge in [-0.1, -0.05) is 12.1 Å². The summed E-state index contributed by atoms with van der Waals surface area (Å²) in [6.07, 6.45) is 1.62. The van der Waals surface area contributed by atoms with E-state index in [-0.39, 0.29) is 11.8 Å². The third-order valence-corrected chi connectivity index (χ3v) is 4.06. The number of ether oxygens (including phenoxy) is 3. The van der Waals surface area contributed by atoms with Crippen molar-refractivity contribution < 1.29 is 19.0 Å². The maximum Gasteiger partial charge on any atom is 0.229 e. The van der Waals surface area contributed by atoms with Crippen molar-refractivity contribution in [3.8, 4) is 11.5 Å². The number of amides is 1. The van der Waals surface area contributed by atoms with Crippen molar-refractivity contribution >= 4 is 5.91 Å². The van der Waals surface area contributed by atoms with Gasteiger partial charge in [0.05, 0.1) is 19.6 Å². The summed E-state index contributed by atoms with van der Waals surface area (Å²) in [4.78, 5) is 14.5. The largest absolute Gasteiger partial charge is 0.493 e. The molecule has 3 rings (SSSR count). The molecular weight excluding hydrogens is 270 g/mol. The van der Waals surface area contributed by atoms with Gasteiger partial charge < -0.3 is 19.1 Å². The molecule has 2 aliphatic heterocycles. The average Bonchev–Trinajstić information content (AvgIpc) is 2.82. The Kier molecular flexibility index (Phi) is 4.29. The molecule has 2 aliphatic rings. The van der Waals surface area contributed by atoms with E-state index in [0.29, 0.717) is 26.2 Å². The van der Waals surface area contributed by atoms with Gasteiger partial charge in [0.15, 0.2) is 11.5 Å². The van der Waals surface area contributed by atoms with E-state index >= 15 is 0 Å². The number of hydrogen-bond acceptors (Lipinski definition) is 4. The van der Waals surface area contributed by atoms with Gasteiger partial charge in [0.2, 0.25) is 5.91 Å². The summed E-state index contributed by atoms with van der Waals surface area (Å²) in [5.41, 5.74) is 1.05. The lowest BCUT2D eigenvalue weighted by atomic mass is 9.95. The average molecular weight is 291 g/mol. The van der Waals surface area contributed by atoms with Crippen LogP contribution in [-0.2, 0) is 16.0 Å². The number of carbonyl (C=O) groups excluding carboxylic acids is 1. The van der Waals surface area contributed by atoms with Crippen molar-refractivity contribution in [2.45, 2.75) is 12.8 Å². The molecule has 1 aromatic rings. The first-order chi connectivity index (χ1) is 10.3. The van der Waals surface area contributed by atoms with Crippen molar-refractivity contribution in [2.75, 3.05) is 40.0 Å². The van der Waals surface area contributed by atoms with Crippen molar-refractivity contribution in [1.29, 1.82) is 0 Å². The molecule has 0 spiro atoms. The van der Waals surface area contributed by atoms with Crippen molar-refractivity contribution in [1.82, 2.24) is 4.90 Å². The molecule has 1 saturated heterocycles. The van der Waals surface area contributed by atoms with Crippen LogP contribution >= 0.6 is 0 Å². The van der Waals surface area contributed by atoms with Crippen LogP contribution in [-0.4, -0.2) is 50.8 Å². The molecule has 0 radical (unpaired) electrons. The fourth-order valence-electron chi connectivity index (χ4n) is 2.94. The van der Waals surface area contributed by atoms with Crippen molar-refractivity contribution in [3.63, 3.8) is 0 Å². The maximum atomic E-state index is 12.6. The molecule has 1 amide bonds. The van der Waals surface area contributed by atoms with Gasteiger partial charge in [0, 0.05) is 19.7 Å². The molecule has 0 N–H and O–H groups in total. The molecule has 5 heteroatoms. The van der Waals surface area contributed by atoms with E-state index in [4.69, 9.17) is 14.2 Å². The van der Waals surface area contributed by atoms with Crippen LogP contribution in [0.2, 0.25) is 0 Å². The number of rotatable bonds is 2. The number of methoxy groups -OCH3 is 1. The highest BCUT2D eigenvalue weighted by Gasteiger charge is 2.31. The Morgan fingerprint density at radius 2 is 2.24 bits per heavy atom. The fraction of sp³-hybridized carbons (Fsp3) is 0.562. The van der Waals surface area contributed by atoms with E-state index in [0.717, 1.165) is 36.6 Å². The Labute approximate surface area is 124 Å². The second kappa shape index (κ2) is 6.35. The minimum Gasteiger partial charge on any atom is -0.493 e. The minimum absolute atomic E-state index is 0.109. The molecular formula is C16H21NO4. The quantitative estimate of drug-likeness (QED) is 0.828. The van der Waals surface area contributed by atoms with Crippen LogP contribution < -0.4 is 9.47 Å². The molecule has 0 aliphatic carbocycles. The summed E-state index contributed by atoms with van der Waals surface area (Å²) in [7, 11) is 1.63. The van der Waals surface area contributed by atoms with Gasteiger partial charge in [-0.15, -0.1) is 0 Å². The molecule has 114 valence electrons. The number of carbonyl (C=O) groups is 1. The highest BCUT2D eigenvalue weighted by atomic mass is 16.5. The molecule has 1 aromatic carbocycles. The number of benzene rings is 1. The maximum absolute atomic E-state index is 12.6. The van der Waals surface area contributed by atoms with E-state index in [1.165, 1.54) is 0 Å². The fourth-order valence-corrected chi connectivity index (χ4v) is 2.94. The van der Waals surface area contributed by atoms with E-state index in [2.05, 4.69) is 0 Å². The zero-order valence-electron chi connectivity index (χ0n) is 12.3. The van der Waals surface area contributed by atoms with Gasteiger partial charge in [-0.2, -0.15) is 0 Å². The number of nitrogens with zero attached hydrogens (tertiary/aromatic N) is 1. The number of fused-ring (bicyclic) bond motifs is 1.